The van der Waals surface area contributed by atoms with Gasteiger partial charge in [-0.2, -0.15) is 5.26 Å². The fourth-order valence-corrected chi connectivity index (χ4v) is 3.05. The van der Waals surface area contributed by atoms with Gasteiger partial charge in [0, 0.05) is 18.1 Å². The molecule has 122 valence electrons. The normalized spacial score (nSPS) is 10.7. The second kappa shape index (κ2) is 7.23. The molecule has 3 rings (SSSR count). The molecular weight excluding hydrogens is 296 g/mol. The third-order valence-corrected chi connectivity index (χ3v) is 4.32. The summed E-state index contributed by atoms with van der Waals surface area (Å²) in [6, 6.07) is 16.6. The number of ether oxygens (including phenoxy) is 1. The number of hydrogen-bond donors (Lipinski definition) is 0. The zero-order valence-corrected chi connectivity index (χ0v) is 14.2. The summed E-state index contributed by atoms with van der Waals surface area (Å²) in [7, 11) is 0. The number of hydrogen-bond acceptors (Lipinski definition) is 2. The van der Waals surface area contributed by atoms with Crippen molar-refractivity contribution in [1.82, 2.24) is 4.57 Å². The molecule has 0 saturated heterocycles. The van der Waals surface area contributed by atoms with Crippen molar-refractivity contribution < 1.29 is 4.74 Å². The molecule has 0 atom stereocenters. The molecule has 0 spiro atoms. The Kier molecular flexibility index (Phi) is 4.86. The molecule has 0 N–H and O–H groups in total. The zero-order valence-electron chi connectivity index (χ0n) is 14.2. The molecule has 0 saturated carbocycles. The highest BCUT2D eigenvalue weighted by Gasteiger charge is 2.11. The number of nitriles is 1. The number of rotatable bonds is 6. The number of benzene rings is 2. The van der Waals surface area contributed by atoms with E-state index in [1.807, 2.05) is 30.5 Å². The van der Waals surface area contributed by atoms with Crippen LogP contribution in [0.1, 0.15) is 30.0 Å². The van der Waals surface area contributed by atoms with E-state index in [1.165, 1.54) is 16.6 Å². The zero-order chi connectivity index (χ0) is 16.9. The third-order valence-electron chi connectivity index (χ3n) is 4.32. The number of aromatic nitrogens is 1. The lowest BCUT2D eigenvalue weighted by molar-refractivity contribution is 0.302. The highest BCUT2D eigenvalue weighted by Crippen LogP contribution is 2.25. The summed E-state index contributed by atoms with van der Waals surface area (Å²) in [6.45, 7) is 5.73. The van der Waals surface area contributed by atoms with E-state index in [-0.39, 0.29) is 0 Å². The minimum atomic E-state index is 0.666. The van der Waals surface area contributed by atoms with Gasteiger partial charge >= 0.3 is 0 Å². The Balaban J connectivity index is 1.71. The lowest BCUT2D eigenvalue weighted by Gasteiger charge is -2.10. The van der Waals surface area contributed by atoms with Gasteiger partial charge in [-0.3, -0.25) is 0 Å². The van der Waals surface area contributed by atoms with Gasteiger partial charge < -0.3 is 9.30 Å². The van der Waals surface area contributed by atoms with Gasteiger partial charge in [0.05, 0.1) is 17.7 Å². The third kappa shape index (κ3) is 3.28. The average molecular weight is 318 g/mol. The van der Waals surface area contributed by atoms with Crippen LogP contribution in [0.25, 0.3) is 10.9 Å². The first kappa shape index (κ1) is 16.1. The van der Waals surface area contributed by atoms with Crippen molar-refractivity contribution in [2.75, 3.05) is 6.61 Å². The number of aryl methyl sites for hydroxylation is 3. The lowest BCUT2D eigenvalue weighted by Crippen LogP contribution is -2.04. The Morgan fingerprint density at radius 2 is 1.92 bits per heavy atom. The second-order valence-electron chi connectivity index (χ2n) is 6.03. The summed E-state index contributed by atoms with van der Waals surface area (Å²) >= 11 is 0. The molecule has 2 aromatic carbocycles. The van der Waals surface area contributed by atoms with Crippen LogP contribution in [0.15, 0.2) is 48.7 Å². The molecule has 0 aliphatic rings. The second-order valence-corrected chi connectivity index (χ2v) is 6.03. The van der Waals surface area contributed by atoms with Crippen LogP contribution in [-0.4, -0.2) is 11.2 Å². The fraction of sp³-hybridized carbons (Fsp3) is 0.286. The van der Waals surface area contributed by atoms with E-state index < -0.39 is 0 Å². The molecule has 24 heavy (non-hydrogen) atoms. The van der Waals surface area contributed by atoms with Crippen LogP contribution < -0.4 is 4.74 Å². The molecule has 3 heteroatoms. The summed E-state index contributed by atoms with van der Waals surface area (Å²) in [4.78, 5) is 0. The molecule has 1 aromatic heterocycles. The van der Waals surface area contributed by atoms with Crippen molar-refractivity contribution in [3.8, 4) is 11.8 Å². The van der Waals surface area contributed by atoms with Crippen molar-refractivity contribution in [1.29, 1.82) is 5.26 Å². The van der Waals surface area contributed by atoms with Crippen LogP contribution in [0.3, 0.4) is 0 Å². The van der Waals surface area contributed by atoms with E-state index >= 15 is 0 Å². The molecular formula is C21H22N2O. The predicted octanol–water partition coefficient (Wildman–Crippen LogP) is 4.85. The monoisotopic (exact) mass is 318 g/mol. The number of nitrogens with zero attached hydrogens (tertiary/aromatic N) is 2. The molecule has 0 radical (unpaired) electrons. The van der Waals surface area contributed by atoms with Crippen LogP contribution in [0.4, 0.5) is 0 Å². The van der Waals surface area contributed by atoms with E-state index in [4.69, 9.17) is 4.74 Å². The molecule has 3 aromatic rings. The van der Waals surface area contributed by atoms with Crippen LogP contribution in [-0.2, 0) is 13.0 Å². The average Bonchev–Trinajstić information content (AvgIpc) is 2.98. The van der Waals surface area contributed by atoms with Gasteiger partial charge in [0.2, 0.25) is 0 Å². The Labute approximate surface area is 143 Å². The molecule has 0 aliphatic heterocycles. The van der Waals surface area contributed by atoms with Gasteiger partial charge in [0.1, 0.15) is 11.8 Å². The van der Waals surface area contributed by atoms with Crippen molar-refractivity contribution >= 4 is 10.9 Å². The first-order valence-corrected chi connectivity index (χ1v) is 8.43. The van der Waals surface area contributed by atoms with Crippen molar-refractivity contribution in [3.63, 3.8) is 0 Å². The first-order valence-electron chi connectivity index (χ1n) is 8.43. The highest BCUT2D eigenvalue weighted by molar-refractivity contribution is 5.89. The molecule has 0 fully saturated rings. The van der Waals surface area contributed by atoms with Gasteiger partial charge in [-0.05, 0) is 37.5 Å². The van der Waals surface area contributed by atoms with E-state index in [9.17, 15) is 5.26 Å². The van der Waals surface area contributed by atoms with Gasteiger partial charge in [-0.15, -0.1) is 0 Å². The SMILES string of the molecule is CCc1cccc2c(C#N)cn(CCCOc3ccc(C)cc3)c12. The summed E-state index contributed by atoms with van der Waals surface area (Å²) in [5.41, 5.74) is 4.46. The Bertz CT molecular complexity index is 869. The van der Waals surface area contributed by atoms with Gasteiger partial charge in [0.15, 0.2) is 0 Å². The van der Waals surface area contributed by atoms with Crippen molar-refractivity contribution in [2.24, 2.45) is 0 Å². The summed E-state index contributed by atoms with van der Waals surface area (Å²) in [5.74, 6) is 0.907. The van der Waals surface area contributed by atoms with Gasteiger partial charge in [0.25, 0.3) is 0 Å². The van der Waals surface area contributed by atoms with Gasteiger partial charge in [-0.1, -0.05) is 42.8 Å². The largest absolute Gasteiger partial charge is 0.494 e. The number of para-hydroxylation sites is 1. The maximum Gasteiger partial charge on any atom is 0.119 e. The molecule has 0 aliphatic carbocycles. The lowest BCUT2D eigenvalue weighted by atomic mass is 10.1. The van der Waals surface area contributed by atoms with Crippen LogP contribution in [0.2, 0.25) is 0 Å². The van der Waals surface area contributed by atoms with Crippen LogP contribution in [0, 0.1) is 18.3 Å². The molecule has 3 nitrogen and oxygen atoms in total. The summed E-state index contributed by atoms with van der Waals surface area (Å²) in [6.07, 6.45) is 3.84. The molecule has 0 bridgehead atoms. The van der Waals surface area contributed by atoms with Crippen LogP contribution >= 0.6 is 0 Å². The fourth-order valence-electron chi connectivity index (χ4n) is 3.05. The summed E-state index contributed by atoms with van der Waals surface area (Å²) < 4.78 is 8.01. The van der Waals surface area contributed by atoms with Crippen molar-refractivity contribution in [2.45, 2.75) is 33.2 Å². The van der Waals surface area contributed by atoms with E-state index in [0.29, 0.717) is 6.61 Å². The topological polar surface area (TPSA) is 38.0 Å². The van der Waals surface area contributed by atoms with E-state index in [0.717, 1.165) is 36.1 Å². The van der Waals surface area contributed by atoms with E-state index in [1.54, 1.807) is 0 Å². The minimum Gasteiger partial charge on any atom is -0.494 e. The van der Waals surface area contributed by atoms with E-state index in [2.05, 4.69) is 42.7 Å². The quantitative estimate of drug-likeness (QED) is 0.609. The standard InChI is InChI=1S/C21H22N2O/c1-3-17-6-4-7-20-18(14-22)15-23(21(17)20)12-5-13-24-19-10-8-16(2)9-11-19/h4,6-11,15H,3,5,12-13H2,1-2H3. The summed E-state index contributed by atoms with van der Waals surface area (Å²) in [5, 5.41) is 10.4. The number of fused-ring (bicyclic) bond motifs is 1. The maximum absolute atomic E-state index is 9.37. The smallest absolute Gasteiger partial charge is 0.119 e. The predicted molar refractivity (Wildman–Crippen MR) is 97.3 cm³/mol. The minimum absolute atomic E-state index is 0.666. The van der Waals surface area contributed by atoms with Crippen LogP contribution in [0.5, 0.6) is 5.75 Å². The Morgan fingerprint density at radius 3 is 2.62 bits per heavy atom. The maximum atomic E-state index is 9.37. The Morgan fingerprint density at radius 1 is 1.12 bits per heavy atom. The van der Waals surface area contributed by atoms with Gasteiger partial charge in [-0.25, -0.2) is 0 Å². The van der Waals surface area contributed by atoms with Crippen molar-refractivity contribution in [3.05, 3.63) is 65.4 Å². The molecule has 0 amide bonds. The highest BCUT2D eigenvalue weighted by atomic mass is 16.5. The Hall–Kier alpha value is -2.73. The molecule has 1 heterocycles. The first-order chi connectivity index (χ1) is 11.7. The molecule has 0 unspecified atom stereocenters.